The standard InChI is InChI=1S/C8H7F4NO/c9-7(10)8(11,12)5-13-3-1-6(14)2-4-13/h1-4,7H,5H2. The second kappa shape index (κ2) is 3.81. The van der Waals surface area contributed by atoms with E-state index in [1.54, 1.807) is 0 Å². The monoisotopic (exact) mass is 209 g/mol. The third-order valence-corrected chi connectivity index (χ3v) is 1.57. The van der Waals surface area contributed by atoms with E-state index in [0.29, 0.717) is 0 Å². The molecule has 0 amide bonds. The van der Waals surface area contributed by atoms with Crippen molar-refractivity contribution in [1.82, 2.24) is 4.57 Å². The van der Waals surface area contributed by atoms with Crippen molar-refractivity contribution in [1.29, 1.82) is 0 Å². The molecule has 2 nitrogen and oxygen atoms in total. The van der Waals surface area contributed by atoms with Gasteiger partial charge in [0.2, 0.25) is 0 Å². The van der Waals surface area contributed by atoms with Gasteiger partial charge in [-0.2, -0.15) is 8.78 Å². The van der Waals surface area contributed by atoms with Crippen LogP contribution in [0.25, 0.3) is 0 Å². The first-order valence-electron chi connectivity index (χ1n) is 3.74. The number of hydrogen-bond acceptors (Lipinski definition) is 1. The van der Waals surface area contributed by atoms with E-state index in [1.807, 2.05) is 0 Å². The van der Waals surface area contributed by atoms with Gasteiger partial charge < -0.3 is 4.57 Å². The summed E-state index contributed by atoms with van der Waals surface area (Å²) in [5, 5.41) is 0. The molecular weight excluding hydrogens is 202 g/mol. The van der Waals surface area contributed by atoms with Gasteiger partial charge >= 0.3 is 12.3 Å². The summed E-state index contributed by atoms with van der Waals surface area (Å²) in [6.45, 7) is -1.13. The Kier molecular flexibility index (Phi) is 2.93. The predicted molar refractivity (Wildman–Crippen MR) is 41.7 cm³/mol. The molecule has 78 valence electrons. The van der Waals surface area contributed by atoms with Crippen molar-refractivity contribution in [3.8, 4) is 0 Å². The third kappa shape index (κ3) is 2.58. The van der Waals surface area contributed by atoms with Crippen LogP contribution in [0.1, 0.15) is 0 Å². The van der Waals surface area contributed by atoms with Crippen LogP contribution in [0, 0.1) is 0 Å². The van der Waals surface area contributed by atoms with E-state index in [1.165, 1.54) is 0 Å². The molecule has 0 aliphatic carbocycles. The fourth-order valence-electron chi connectivity index (χ4n) is 0.861. The molecule has 0 saturated carbocycles. The van der Waals surface area contributed by atoms with E-state index in [4.69, 9.17) is 0 Å². The zero-order chi connectivity index (χ0) is 10.8. The fraction of sp³-hybridized carbons (Fsp3) is 0.375. The molecule has 1 rings (SSSR count). The summed E-state index contributed by atoms with van der Waals surface area (Å²) in [4.78, 5) is 10.6. The molecule has 1 aromatic rings. The lowest BCUT2D eigenvalue weighted by molar-refractivity contribution is -0.137. The summed E-state index contributed by atoms with van der Waals surface area (Å²) in [5.41, 5.74) is -0.360. The molecule has 0 radical (unpaired) electrons. The highest BCUT2D eigenvalue weighted by atomic mass is 19.3. The Bertz CT molecular complexity index is 340. The maximum absolute atomic E-state index is 12.5. The number of aromatic nitrogens is 1. The van der Waals surface area contributed by atoms with Gasteiger partial charge in [0.25, 0.3) is 0 Å². The van der Waals surface area contributed by atoms with Crippen molar-refractivity contribution in [3.63, 3.8) is 0 Å². The van der Waals surface area contributed by atoms with Crippen LogP contribution < -0.4 is 5.43 Å². The number of alkyl halides is 4. The zero-order valence-electron chi connectivity index (χ0n) is 6.96. The second-order valence-electron chi connectivity index (χ2n) is 2.77. The molecule has 0 N–H and O–H groups in total. The highest BCUT2D eigenvalue weighted by Crippen LogP contribution is 2.24. The van der Waals surface area contributed by atoms with Crippen LogP contribution in [-0.4, -0.2) is 16.9 Å². The third-order valence-electron chi connectivity index (χ3n) is 1.57. The smallest absolute Gasteiger partial charge is 0.324 e. The van der Waals surface area contributed by atoms with E-state index >= 15 is 0 Å². The molecule has 0 aromatic carbocycles. The molecule has 0 saturated heterocycles. The van der Waals surface area contributed by atoms with Gasteiger partial charge in [-0.15, -0.1) is 0 Å². The second-order valence-corrected chi connectivity index (χ2v) is 2.77. The van der Waals surface area contributed by atoms with Crippen molar-refractivity contribution in [2.75, 3.05) is 0 Å². The highest BCUT2D eigenvalue weighted by Gasteiger charge is 2.40. The summed E-state index contributed by atoms with van der Waals surface area (Å²) in [6.07, 6.45) is -1.63. The summed E-state index contributed by atoms with van der Waals surface area (Å²) in [5.74, 6) is -4.07. The first-order chi connectivity index (χ1) is 6.42. The van der Waals surface area contributed by atoms with Gasteiger partial charge in [-0.1, -0.05) is 0 Å². The number of pyridine rings is 1. The predicted octanol–water partition coefficient (Wildman–Crippen LogP) is 1.75. The average molecular weight is 209 g/mol. The fourth-order valence-corrected chi connectivity index (χ4v) is 0.861. The van der Waals surface area contributed by atoms with Crippen LogP contribution in [0.15, 0.2) is 29.3 Å². The van der Waals surface area contributed by atoms with Crippen LogP contribution in [0.5, 0.6) is 0 Å². The minimum absolute atomic E-state index is 0.360. The van der Waals surface area contributed by atoms with Crippen molar-refractivity contribution in [3.05, 3.63) is 34.7 Å². The summed E-state index contributed by atoms with van der Waals surface area (Å²) in [7, 11) is 0. The molecule has 0 fully saturated rings. The topological polar surface area (TPSA) is 22.0 Å². The minimum atomic E-state index is -4.07. The van der Waals surface area contributed by atoms with E-state index in [-0.39, 0.29) is 5.43 Å². The lowest BCUT2D eigenvalue weighted by Gasteiger charge is -2.16. The van der Waals surface area contributed by atoms with E-state index in [0.717, 1.165) is 29.1 Å². The lowest BCUT2D eigenvalue weighted by Crippen LogP contribution is -2.32. The van der Waals surface area contributed by atoms with Crippen LogP contribution in [0.4, 0.5) is 17.6 Å². The summed E-state index contributed by atoms with van der Waals surface area (Å²) >= 11 is 0. The molecule has 1 aromatic heterocycles. The molecule has 0 aliphatic heterocycles. The van der Waals surface area contributed by atoms with Crippen molar-refractivity contribution >= 4 is 0 Å². The quantitative estimate of drug-likeness (QED) is 0.695. The van der Waals surface area contributed by atoms with Crippen LogP contribution in [0.2, 0.25) is 0 Å². The van der Waals surface area contributed by atoms with Gasteiger partial charge in [-0.05, 0) is 0 Å². The zero-order valence-corrected chi connectivity index (χ0v) is 6.96. The van der Waals surface area contributed by atoms with E-state index in [9.17, 15) is 22.4 Å². The number of rotatable bonds is 3. The number of nitrogens with zero attached hydrogens (tertiary/aromatic N) is 1. The van der Waals surface area contributed by atoms with Crippen LogP contribution in [0.3, 0.4) is 0 Å². The van der Waals surface area contributed by atoms with Gasteiger partial charge in [0.1, 0.15) is 0 Å². The first-order valence-corrected chi connectivity index (χ1v) is 3.74. The molecule has 0 aliphatic rings. The van der Waals surface area contributed by atoms with E-state index in [2.05, 4.69) is 0 Å². The van der Waals surface area contributed by atoms with Crippen LogP contribution >= 0.6 is 0 Å². The molecule has 0 atom stereocenters. The number of halogens is 4. The minimum Gasteiger partial charge on any atom is -0.348 e. The molecule has 0 unspecified atom stereocenters. The Morgan fingerprint density at radius 3 is 2.21 bits per heavy atom. The lowest BCUT2D eigenvalue weighted by atomic mass is 10.3. The van der Waals surface area contributed by atoms with E-state index < -0.39 is 18.9 Å². The maximum atomic E-state index is 12.5. The van der Waals surface area contributed by atoms with Crippen molar-refractivity contribution < 1.29 is 17.6 Å². The highest BCUT2D eigenvalue weighted by molar-refractivity contribution is 4.94. The summed E-state index contributed by atoms with van der Waals surface area (Å²) in [6, 6.07) is 2.06. The van der Waals surface area contributed by atoms with Gasteiger partial charge in [-0.3, -0.25) is 4.79 Å². The molecule has 1 heterocycles. The van der Waals surface area contributed by atoms with Crippen molar-refractivity contribution in [2.24, 2.45) is 0 Å². The van der Waals surface area contributed by atoms with Gasteiger partial charge in [0.05, 0.1) is 6.54 Å². The normalized spacial score (nSPS) is 12.1. The molecule has 6 heteroatoms. The largest absolute Gasteiger partial charge is 0.348 e. The van der Waals surface area contributed by atoms with Crippen molar-refractivity contribution in [2.45, 2.75) is 18.9 Å². The average Bonchev–Trinajstić information content (AvgIpc) is 2.08. The SMILES string of the molecule is O=c1ccn(CC(F)(F)C(F)F)cc1. The molecule has 14 heavy (non-hydrogen) atoms. The van der Waals surface area contributed by atoms with Crippen LogP contribution in [-0.2, 0) is 6.54 Å². The Balaban J connectivity index is 2.79. The molecule has 0 bridgehead atoms. The molecule has 0 spiro atoms. The summed E-state index contributed by atoms with van der Waals surface area (Å²) < 4.78 is 49.3. The van der Waals surface area contributed by atoms with Gasteiger partial charge in [0.15, 0.2) is 5.43 Å². The maximum Gasteiger partial charge on any atom is 0.324 e. The Morgan fingerprint density at radius 2 is 1.79 bits per heavy atom. The molecular formula is C8H7F4NO. The number of hydrogen-bond donors (Lipinski definition) is 0. The van der Waals surface area contributed by atoms with Gasteiger partial charge in [-0.25, -0.2) is 8.78 Å². The first kappa shape index (κ1) is 10.7. The Hall–Kier alpha value is -1.33. The Labute approximate surface area is 76.8 Å². The Morgan fingerprint density at radius 1 is 1.29 bits per heavy atom. The van der Waals surface area contributed by atoms with Gasteiger partial charge in [0, 0.05) is 24.5 Å².